The summed E-state index contributed by atoms with van der Waals surface area (Å²) in [6.07, 6.45) is 7.62. The van der Waals surface area contributed by atoms with Gasteiger partial charge in [-0.3, -0.25) is 4.79 Å². The first-order valence-corrected chi connectivity index (χ1v) is 5.74. The van der Waals surface area contributed by atoms with E-state index < -0.39 is 0 Å². The molecule has 0 saturated carbocycles. The molecule has 0 bridgehead atoms. The molecule has 0 spiro atoms. The molecular weight excluding hydrogens is 210 g/mol. The number of carbonyl (C=O) groups excluding carboxylic acids is 1. The van der Waals surface area contributed by atoms with E-state index in [1.165, 1.54) is 16.3 Å². The Labute approximate surface area is 99.7 Å². The lowest BCUT2D eigenvalue weighted by Gasteiger charge is -2.17. The van der Waals surface area contributed by atoms with Gasteiger partial charge in [-0.1, -0.05) is 18.2 Å². The van der Waals surface area contributed by atoms with Gasteiger partial charge in [-0.05, 0) is 53.1 Å². The molecule has 0 N–H and O–H groups in total. The molecule has 0 fully saturated rings. The van der Waals surface area contributed by atoms with Crippen molar-refractivity contribution >= 4 is 24.3 Å². The van der Waals surface area contributed by atoms with Gasteiger partial charge in [0.05, 0.1) is 5.92 Å². The van der Waals surface area contributed by atoms with Crippen molar-refractivity contribution in [1.82, 2.24) is 0 Å². The number of rotatable bonds is 0. The van der Waals surface area contributed by atoms with Crippen LogP contribution < -0.4 is 10.4 Å². The fourth-order valence-electron chi connectivity index (χ4n) is 2.32. The summed E-state index contributed by atoms with van der Waals surface area (Å²) >= 11 is 0. The van der Waals surface area contributed by atoms with Crippen LogP contribution in [0.2, 0.25) is 0 Å². The van der Waals surface area contributed by atoms with E-state index in [4.69, 9.17) is 0 Å². The van der Waals surface area contributed by atoms with Crippen LogP contribution >= 0.6 is 0 Å². The molecule has 1 amide bonds. The molecule has 1 aliphatic heterocycles. The minimum atomic E-state index is -0.186. The van der Waals surface area contributed by atoms with Crippen LogP contribution in [0, 0.1) is 19.8 Å². The average Bonchev–Trinajstić information content (AvgIpc) is 2.29. The maximum absolute atomic E-state index is 11.7. The second kappa shape index (κ2) is 3.52. The monoisotopic (exact) mass is 223 g/mol. The number of benzene rings is 1. The Kier molecular flexibility index (Phi) is 2.11. The maximum Gasteiger partial charge on any atom is 0.257 e. The summed E-state index contributed by atoms with van der Waals surface area (Å²) in [5.41, 5.74) is 3.58. The fourth-order valence-corrected chi connectivity index (χ4v) is 2.32. The van der Waals surface area contributed by atoms with E-state index >= 15 is 0 Å². The van der Waals surface area contributed by atoms with E-state index in [2.05, 4.69) is 37.0 Å². The topological polar surface area (TPSA) is 29.4 Å². The molecule has 84 valence electrons. The lowest BCUT2D eigenvalue weighted by Crippen LogP contribution is -2.33. The highest BCUT2D eigenvalue weighted by Gasteiger charge is 2.22. The van der Waals surface area contributed by atoms with Crippen LogP contribution in [-0.2, 0) is 4.79 Å². The van der Waals surface area contributed by atoms with Crippen molar-refractivity contribution in [3.05, 3.63) is 45.3 Å². The van der Waals surface area contributed by atoms with Crippen LogP contribution in [0.4, 0.5) is 0 Å². The third-order valence-electron chi connectivity index (χ3n) is 3.46. The lowest BCUT2D eigenvalue weighted by atomic mass is 9.89. The van der Waals surface area contributed by atoms with Crippen molar-refractivity contribution in [1.29, 1.82) is 0 Å². The van der Waals surface area contributed by atoms with Crippen molar-refractivity contribution in [3.63, 3.8) is 0 Å². The van der Waals surface area contributed by atoms with Crippen LogP contribution in [0.1, 0.15) is 11.1 Å². The Morgan fingerprint density at radius 1 is 1.12 bits per heavy atom. The Morgan fingerprint density at radius 2 is 1.82 bits per heavy atom. The van der Waals surface area contributed by atoms with Crippen LogP contribution in [0.25, 0.3) is 12.2 Å². The van der Waals surface area contributed by atoms with Crippen molar-refractivity contribution in [3.8, 4) is 0 Å². The zero-order valence-corrected chi connectivity index (χ0v) is 9.90. The molecule has 0 radical (unpaired) electrons. The number of aliphatic imine (C=N–C) groups is 1. The van der Waals surface area contributed by atoms with Gasteiger partial charge < -0.3 is 0 Å². The molecule has 17 heavy (non-hydrogen) atoms. The van der Waals surface area contributed by atoms with Gasteiger partial charge in [-0.15, -0.1) is 0 Å². The van der Waals surface area contributed by atoms with Crippen LogP contribution in [0.3, 0.4) is 0 Å². The molecule has 0 aromatic heterocycles. The van der Waals surface area contributed by atoms with Gasteiger partial charge >= 0.3 is 0 Å². The number of allylic oxidation sites excluding steroid dienone is 1. The molecule has 1 aromatic carbocycles. The molecule has 2 nitrogen and oxygen atoms in total. The Balaban J connectivity index is 2.32. The number of hydrogen-bond donors (Lipinski definition) is 0. The van der Waals surface area contributed by atoms with Crippen molar-refractivity contribution < 1.29 is 4.79 Å². The number of nitrogens with zero attached hydrogens (tertiary/aromatic N) is 1. The summed E-state index contributed by atoms with van der Waals surface area (Å²) in [7, 11) is 0. The van der Waals surface area contributed by atoms with E-state index in [-0.39, 0.29) is 11.8 Å². The minimum Gasteiger partial charge on any atom is -0.272 e. The van der Waals surface area contributed by atoms with Gasteiger partial charge in [0, 0.05) is 6.21 Å². The Hall–Kier alpha value is -1.96. The smallest absolute Gasteiger partial charge is 0.257 e. The van der Waals surface area contributed by atoms with E-state index in [1.807, 2.05) is 12.2 Å². The first-order valence-electron chi connectivity index (χ1n) is 5.74. The van der Waals surface area contributed by atoms with Gasteiger partial charge in [0.15, 0.2) is 0 Å². The average molecular weight is 223 g/mol. The normalized spacial score (nSPS) is 20.9. The minimum absolute atomic E-state index is 0.0670. The highest BCUT2D eigenvalue weighted by molar-refractivity contribution is 6.01. The van der Waals surface area contributed by atoms with Gasteiger partial charge in [-0.25, -0.2) is 4.99 Å². The standard InChI is InChI=1S/C15H13NO/c1-9-5-12-7-11-3-4-16-15(17)14(11)8-13(12)6-10(9)2/h3-8,14H,1-2H3. The largest absolute Gasteiger partial charge is 0.272 e. The third-order valence-corrected chi connectivity index (χ3v) is 3.46. The molecule has 1 unspecified atom stereocenters. The van der Waals surface area contributed by atoms with Gasteiger partial charge in [0.1, 0.15) is 0 Å². The molecule has 1 atom stereocenters. The SMILES string of the molecule is Cc1cc2c(cc1C)=CC1C(=O)N=CC=C1C=2. The molecule has 2 aliphatic rings. The quantitative estimate of drug-likeness (QED) is 0.646. The first-order chi connectivity index (χ1) is 8.15. The summed E-state index contributed by atoms with van der Waals surface area (Å²) < 4.78 is 0. The lowest BCUT2D eigenvalue weighted by molar-refractivity contribution is -0.118. The summed E-state index contributed by atoms with van der Waals surface area (Å²) in [4.78, 5) is 15.5. The number of aryl methyl sites for hydroxylation is 2. The molecule has 1 aliphatic carbocycles. The summed E-state index contributed by atoms with van der Waals surface area (Å²) in [6, 6.07) is 4.32. The number of amides is 1. The number of hydrogen-bond acceptors (Lipinski definition) is 1. The van der Waals surface area contributed by atoms with Crippen molar-refractivity contribution in [2.75, 3.05) is 0 Å². The summed E-state index contributed by atoms with van der Waals surface area (Å²) in [5.74, 6) is -0.253. The van der Waals surface area contributed by atoms with E-state index in [0.29, 0.717) is 0 Å². The molecule has 2 heteroatoms. The second-order valence-electron chi connectivity index (χ2n) is 4.64. The van der Waals surface area contributed by atoms with Gasteiger partial charge in [-0.2, -0.15) is 0 Å². The van der Waals surface area contributed by atoms with Crippen LogP contribution in [0.15, 0.2) is 28.8 Å². The van der Waals surface area contributed by atoms with E-state index in [9.17, 15) is 4.79 Å². The maximum atomic E-state index is 11.7. The third kappa shape index (κ3) is 1.57. The van der Waals surface area contributed by atoms with Crippen LogP contribution in [-0.4, -0.2) is 12.1 Å². The zero-order valence-electron chi connectivity index (χ0n) is 9.90. The molecular formula is C15H13NO. The zero-order chi connectivity index (χ0) is 12.0. The van der Waals surface area contributed by atoms with Crippen molar-refractivity contribution in [2.24, 2.45) is 10.9 Å². The Bertz CT molecular complexity index is 692. The summed E-state index contributed by atoms with van der Waals surface area (Å²) in [5, 5.41) is 2.33. The van der Waals surface area contributed by atoms with Crippen molar-refractivity contribution in [2.45, 2.75) is 13.8 Å². The number of dihydropyridines is 1. The predicted octanol–water partition coefficient (Wildman–Crippen LogP) is 1.03. The second-order valence-corrected chi connectivity index (χ2v) is 4.64. The molecule has 3 rings (SSSR count). The molecule has 1 aromatic rings. The highest BCUT2D eigenvalue weighted by atomic mass is 16.1. The number of carbonyl (C=O) groups is 1. The van der Waals surface area contributed by atoms with E-state index in [0.717, 1.165) is 10.8 Å². The molecule has 0 saturated heterocycles. The van der Waals surface area contributed by atoms with Gasteiger partial charge in [0.2, 0.25) is 0 Å². The fraction of sp³-hybridized carbons (Fsp3) is 0.200. The number of fused-ring (bicyclic) bond motifs is 2. The first kappa shape index (κ1) is 10.2. The highest BCUT2D eigenvalue weighted by Crippen LogP contribution is 2.20. The predicted molar refractivity (Wildman–Crippen MR) is 69.2 cm³/mol. The molecule has 1 heterocycles. The van der Waals surface area contributed by atoms with Gasteiger partial charge in [0.25, 0.3) is 5.91 Å². The Morgan fingerprint density at radius 3 is 2.59 bits per heavy atom. The van der Waals surface area contributed by atoms with Crippen LogP contribution in [0.5, 0.6) is 0 Å². The summed E-state index contributed by atoms with van der Waals surface area (Å²) in [6.45, 7) is 4.20. The van der Waals surface area contributed by atoms with E-state index in [1.54, 1.807) is 6.21 Å².